The lowest BCUT2D eigenvalue weighted by Gasteiger charge is -2.36. The molecule has 0 bridgehead atoms. The van der Waals surface area contributed by atoms with Crippen LogP contribution in [0.2, 0.25) is 0 Å². The maximum Gasteiger partial charge on any atom is 0.244 e. The van der Waals surface area contributed by atoms with E-state index in [9.17, 15) is 18.5 Å². The number of hydrogen-bond acceptors (Lipinski definition) is 5. The molecule has 0 saturated carbocycles. The molecule has 1 aliphatic carbocycles. The molecule has 33 heavy (non-hydrogen) atoms. The molecule has 1 atom stereocenters. The SMILES string of the molecule is C#CCN(CC(=O)N1CCN(S(=O)(=O)c2ccccc2C#N)CC1)C1CCc2ccccc21. The van der Waals surface area contributed by atoms with Crippen molar-refractivity contribution in [3.8, 4) is 18.4 Å². The third-order valence-electron chi connectivity index (χ3n) is 6.39. The third kappa shape index (κ3) is 4.65. The fraction of sp³-hybridized carbons (Fsp3) is 0.360. The summed E-state index contributed by atoms with van der Waals surface area (Å²) in [5.41, 5.74) is 2.65. The van der Waals surface area contributed by atoms with Crippen LogP contribution in [0.25, 0.3) is 0 Å². The number of carbonyl (C=O) groups is 1. The van der Waals surface area contributed by atoms with E-state index in [0.717, 1.165) is 12.8 Å². The summed E-state index contributed by atoms with van der Waals surface area (Å²) >= 11 is 0. The quantitative estimate of drug-likeness (QED) is 0.613. The van der Waals surface area contributed by atoms with Crippen LogP contribution < -0.4 is 0 Å². The van der Waals surface area contributed by atoms with Crippen molar-refractivity contribution in [2.45, 2.75) is 23.8 Å². The lowest BCUT2D eigenvalue weighted by atomic mass is 10.1. The zero-order valence-corrected chi connectivity index (χ0v) is 19.2. The van der Waals surface area contributed by atoms with E-state index in [4.69, 9.17) is 6.42 Å². The van der Waals surface area contributed by atoms with Crippen LogP contribution in [0.15, 0.2) is 53.4 Å². The Morgan fingerprint density at radius 1 is 1.09 bits per heavy atom. The molecule has 1 unspecified atom stereocenters. The van der Waals surface area contributed by atoms with Crippen LogP contribution in [0.1, 0.15) is 29.2 Å². The van der Waals surface area contributed by atoms with Crippen LogP contribution in [-0.4, -0.2) is 67.7 Å². The fourth-order valence-electron chi connectivity index (χ4n) is 4.68. The maximum absolute atomic E-state index is 13.1. The van der Waals surface area contributed by atoms with Crippen LogP contribution in [-0.2, 0) is 21.2 Å². The molecular formula is C25H26N4O3S. The van der Waals surface area contributed by atoms with Crippen molar-refractivity contribution in [2.75, 3.05) is 39.3 Å². The molecule has 0 spiro atoms. The largest absolute Gasteiger partial charge is 0.339 e. The van der Waals surface area contributed by atoms with Gasteiger partial charge in [-0.15, -0.1) is 6.42 Å². The predicted octanol–water partition coefficient (Wildman–Crippen LogP) is 2.01. The minimum Gasteiger partial charge on any atom is -0.339 e. The molecule has 1 fully saturated rings. The van der Waals surface area contributed by atoms with Gasteiger partial charge in [-0.25, -0.2) is 8.42 Å². The Hall–Kier alpha value is -3.17. The van der Waals surface area contributed by atoms with Crippen LogP contribution in [0.3, 0.4) is 0 Å². The summed E-state index contributed by atoms with van der Waals surface area (Å²) < 4.78 is 27.4. The summed E-state index contributed by atoms with van der Waals surface area (Å²) in [5, 5.41) is 9.27. The van der Waals surface area contributed by atoms with E-state index in [1.54, 1.807) is 17.0 Å². The van der Waals surface area contributed by atoms with Gasteiger partial charge in [-0.3, -0.25) is 9.69 Å². The van der Waals surface area contributed by atoms with Gasteiger partial charge in [0.25, 0.3) is 0 Å². The lowest BCUT2D eigenvalue weighted by molar-refractivity contribution is -0.134. The van der Waals surface area contributed by atoms with E-state index in [1.807, 2.05) is 23.1 Å². The van der Waals surface area contributed by atoms with Gasteiger partial charge >= 0.3 is 0 Å². The Labute approximate surface area is 195 Å². The second-order valence-electron chi connectivity index (χ2n) is 8.26. The highest BCUT2D eigenvalue weighted by atomic mass is 32.2. The highest BCUT2D eigenvalue weighted by Gasteiger charge is 2.33. The lowest BCUT2D eigenvalue weighted by Crippen LogP contribution is -2.52. The predicted molar refractivity (Wildman–Crippen MR) is 124 cm³/mol. The van der Waals surface area contributed by atoms with Gasteiger partial charge in [0.15, 0.2) is 0 Å². The number of sulfonamides is 1. The standard InChI is InChI=1S/C25H26N4O3S/c1-2-13-28(23-12-11-20-7-3-5-9-22(20)23)19-25(30)27-14-16-29(17-15-27)33(31,32)24-10-6-4-8-21(24)18-26/h1,3-10,23H,11-17,19H2. The number of rotatable bonds is 6. The molecule has 0 N–H and O–H groups in total. The number of amides is 1. The molecule has 2 aromatic carbocycles. The smallest absolute Gasteiger partial charge is 0.244 e. The van der Waals surface area contributed by atoms with Gasteiger partial charge < -0.3 is 4.90 Å². The van der Waals surface area contributed by atoms with Gasteiger partial charge in [0.1, 0.15) is 6.07 Å². The normalized spacial score (nSPS) is 18.5. The van der Waals surface area contributed by atoms with Crippen molar-refractivity contribution in [3.05, 3.63) is 65.2 Å². The van der Waals surface area contributed by atoms with Crippen LogP contribution in [0.5, 0.6) is 0 Å². The highest BCUT2D eigenvalue weighted by Crippen LogP contribution is 2.35. The molecule has 7 nitrogen and oxygen atoms in total. The molecule has 1 aliphatic heterocycles. The maximum atomic E-state index is 13.1. The van der Waals surface area contributed by atoms with Crippen LogP contribution >= 0.6 is 0 Å². The molecule has 0 aromatic heterocycles. The summed E-state index contributed by atoms with van der Waals surface area (Å²) in [7, 11) is -3.80. The Bertz CT molecular complexity index is 1220. The van der Waals surface area contributed by atoms with Crippen molar-refractivity contribution in [1.29, 1.82) is 5.26 Å². The average molecular weight is 463 g/mol. The summed E-state index contributed by atoms with van der Waals surface area (Å²) in [6, 6.07) is 16.5. The number of aryl methyl sites for hydroxylation is 1. The number of hydrogen-bond donors (Lipinski definition) is 0. The van der Waals surface area contributed by atoms with Gasteiger partial charge in [0.05, 0.1) is 23.5 Å². The summed E-state index contributed by atoms with van der Waals surface area (Å²) in [4.78, 5) is 16.8. The molecule has 0 radical (unpaired) electrons. The molecule has 2 aliphatic rings. The summed E-state index contributed by atoms with van der Waals surface area (Å²) in [6.07, 6.45) is 7.50. The number of benzene rings is 2. The number of piperazine rings is 1. The first-order chi connectivity index (χ1) is 16.0. The molecular weight excluding hydrogens is 436 g/mol. The Morgan fingerprint density at radius 3 is 2.52 bits per heavy atom. The van der Waals surface area contributed by atoms with E-state index in [0.29, 0.717) is 19.6 Å². The zero-order chi connectivity index (χ0) is 23.4. The monoisotopic (exact) mass is 462 g/mol. The van der Waals surface area contributed by atoms with Crippen molar-refractivity contribution in [1.82, 2.24) is 14.1 Å². The van der Waals surface area contributed by atoms with Gasteiger partial charge in [0, 0.05) is 32.2 Å². The van der Waals surface area contributed by atoms with Gasteiger partial charge in [0.2, 0.25) is 15.9 Å². The number of nitrogens with zero attached hydrogens (tertiary/aromatic N) is 4. The van der Waals surface area contributed by atoms with E-state index in [-0.39, 0.29) is 42.0 Å². The number of nitriles is 1. The summed E-state index contributed by atoms with van der Waals surface area (Å²) in [6.45, 7) is 1.57. The van der Waals surface area contributed by atoms with E-state index >= 15 is 0 Å². The Morgan fingerprint density at radius 2 is 1.79 bits per heavy atom. The molecule has 1 amide bonds. The minimum absolute atomic E-state index is 0.00682. The fourth-order valence-corrected chi connectivity index (χ4v) is 6.25. The minimum atomic E-state index is -3.80. The number of carbonyl (C=O) groups excluding carboxylic acids is 1. The molecule has 170 valence electrons. The average Bonchev–Trinajstić information content (AvgIpc) is 3.28. The Kier molecular flexibility index (Phi) is 6.80. The van der Waals surface area contributed by atoms with Crippen molar-refractivity contribution in [3.63, 3.8) is 0 Å². The van der Waals surface area contributed by atoms with Gasteiger partial charge in [-0.2, -0.15) is 9.57 Å². The van der Waals surface area contributed by atoms with E-state index in [2.05, 4.69) is 18.1 Å². The van der Waals surface area contributed by atoms with E-state index < -0.39 is 10.0 Å². The third-order valence-corrected chi connectivity index (χ3v) is 8.35. The van der Waals surface area contributed by atoms with Gasteiger partial charge in [-0.1, -0.05) is 42.3 Å². The van der Waals surface area contributed by atoms with Crippen molar-refractivity contribution < 1.29 is 13.2 Å². The van der Waals surface area contributed by atoms with E-state index in [1.165, 1.54) is 27.6 Å². The summed E-state index contributed by atoms with van der Waals surface area (Å²) in [5.74, 6) is 2.63. The molecule has 4 rings (SSSR count). The van der Waals surface area contributed by atoms with Crippen LogP contribution in [0.4, 0.5) is 0 Å². The molecule has 1 heterocycles. The van der Waals surface area contributed by atoms with Crippen molar-refractivity contribution in [2.24, 2.45) is 0 Å². The van der Waals surface area contributed by atoms with Gasteiger partial charge in [-0.05, 0) is 36.1 Å². The molecule has 8 heteroatoms. The van der Waals surface area contributed by atoms with Crippen LogP contribution in [0, 0.1) is 23.7 Å². The number of fused-ring (bicyclic) bond motifs is 1. The number of terminal acetylenes is 1. The highest BCUT2D eigenvalue weighted by molar-refractivity contribution is 7.89. The second kappa shape index (κ2) is 9.76. The molecule has 1 saturated heterocycles. The van der Waals surface area contributed by atoms with Crippen molar-refractivity contribution >= 4 is 15.9 Å². The topological polar surface area (TPSA) is 84.7 Å². The first-order valence-electron chi connectivity index (χ1n) is 11.0. The zero-order valence-electron chi connectivity index (χ0n) is 18.4. The Balaban J connectivity index is 1.41. The second-order valence-corrected chi connectivity index (χ2v) is 10.2. The first-order valence-corrected chi connectivity index (χ1v) is 12.4. The molecule has 2 aromatic rings. The first kappa shape index (κ1) is 23.0.